The van der Waals surface area contributed by atoms with Gasteiger partial charge in [0, 0.05) is 36.1 Å². The number of ether oxygens (including phenoxy) is 1. The van der Waals surface area contributed by atoms with E-state index in [1.807, 2.05) is 43.3 Å². The zero-order chi connectivity index (χ0) is 24.0. The van der Waals surface area contributed by atoms with E-state index in [1.165, 1.54) is 12.0 Å². The Morgan fingerprint density at radius 2 is 2.03 bits per heavy atom. The van der Waals surface area contributed by atoms with Crippen LogP contribution in [0.4, 0.5) is 9.59 Å². The highest BCUT2D eigenvalue weighted by molar-refractivity contribution is 6.33. The molecule has 0 aromatic heterocycles. The van der Waals surface area contributed by atoms with Crippen molar-refractivity contribution in [1.29, 1.82) is 0 Å². The first kappa shape index (κ1) is 24.9. The van der Waals surface area contributed by atoms with Gasteiger partial charge in [-0.25, -0.2) is 9.59 Å². The molecule has 0 spiro atoms. The van der Waals surface area contributed by atoms with Gasteiger partial charge in [0.1, 0.15) is 0 Å². The monoisotopic (exact) mass is 474 g/mol. The Morgan fingerprint density at radius 3 is 2.73 bits per heavy atom. The zero-order valence-electron chi connectivity index (χ0n) is 19.0. The van der Waals surface area contributed by atoms with Gasteiger partial charge in [-0.05, 0) is 49.8 Å². The van der Waals surface area contributed by atoms with E-state index in [-0.39, 0.29) is 12.5 Å². The second-order valence-electron chi connectivity index (χ2n) is 8.55. The molecule has 1 aliphatic rings. The van der Waals surface area contributed by atoms with Gasteiger partial charge in [0.15, 0.2) is 0 Å². The van der Waals surface area contributed by atoms with Crippen molar-refractivity contribution in [2.45, 2.75) is 38.2 Å². The molecule has 7 nitrogen and oxygen atoms in total. The molecule has 2 aromatic carbocycles. The van der Waals surface area contributed by atoms with E-state index in [1.54, 1.807) is 6.07 Å². The number of aliphatic hydroxyl groups is 1. The standard InChI is InChI=1S/C25H31ClN2O5/c1-17-7-3-8-18(15-17)22-20(10-4-11-21(22)26)25(32,12-6-13-27-23(29)33-2)19-9-5-14-28(16-19)24(30)31/h3-4,7-8,10-11,15,19,32H,5-6,9,12-14,16H2,1-2H3,(H,27,29)(H,30,31)/t19?,25-/m0/s1. The lowest BCUT2D eigenvalue weighted by Gasteiger charge is -2.43. The molecule has 178 valence electrons. The largest absolute Gasteiger partial charge is 0.465 e. The fourth-order valence-electron chi connectivity index (χ4n) is 4.70. The van der Waals surface area contributed by atoms with Gasteiger partial charge in [0.2, 0.25) is 0 Å². The van der Waals surface area contributed by atoms with E-state index in [0.29, 0.717) is 49.4 Å². The van der Waals surface area contributed by atoms with Crippen LogP contribution in [0.5, 0.6) is 0 Å². The first-order valence-corrected chi connectivity index (χ1v) is 11.5. The third kappa shape index (κ3) is 5.78. The summed E-state index contributed by atoms with van der Waals surface area (Å²) in [7, 11) is 1.30. The lowest BCUT2D eigenvalue weighted by molar-refractivity contribution is -0.0570. The molecule has 3 N–H and O–H groups in total. The molecule has 3 rings (SSSR count). The number of halogens is 1. The average Bonchev–Trinajstić information content (AvgIpc) is 2.81. The number of carboxylic acid groups (broad SMARTS) is 1. The molecule has 1 saturated heterocycles. The van der Waals surface area contributed by atoms with Crippen molar-refractivity contribution >= 4 is 23.8 Å². The Kier molecular flexibility index (Phi) is 8.21. The maximum atomic E-state index is 12.2. The molecule has 1 fully saturated rings. The number of methoxy groups -OCH3 is 1. The summed E-state index contributed by atoms with van der Waals surface area (Å²) in [5.41, 5.74) is 2.05. The van der Waals surface area contributed by atoms with Crippen molar-refractivity contribution in [2.24, 2.45) is 5.92 Å². The number of benzene rings is 2. The summed E-state index contributed by atoms with van der Waals surface area (Å²) in [4.78, 5) is 24.5. The van der Waals surface area contributed by atoms with Gasteiger partial charge in [0.05, 0.1) is 12.7 Å². The third-order valence-corrected chi connectivity index (χ3v) is 6.66. The number of alkyl carbamates (subject to hydrolysis) is 1. The number of piperidine rings is 1. The van der Waals surface area contributed by atoms with Crippen molar-refractivity contribution in [3.8, 4) is 11.1 Å². The van der Waals surface area contributed by atoms with Gasteiger partial charge in [-0.3, -0.25) is 0 Å². The molecule has 0 saturated carbocycles. The van der Waals surface area contributed by atoms with Crippen LogP contribution in [0.1, 0.15) is 36.8 Å². The van der Waals surface area contributed by atoms with E-state index < -0.39 is 17.8 Å². The van der Waals surface area contributed by atoms with Crippen LogP contribution in [-0.4, -0.2) is 54.0 Å². The second-order valence-corrected chi connectivity index (χ2v) is 8.95. The van der Waals surface area contributed by atoms with Crippen LogP contribution in [0, 0.1) is 12.8 Å². The van der Waals surface area contributed by atoms with E-state index in [2.05, 4.69) is 10.1 Å². The first-order valence-electron chi connectivity index (χ1n) is 11.1. The minimum Gasteiger partial charge on any atom is -0.465 e. The molecule has 1 heterocycles. The quantitative estimate of drug-likeness (QED) is 0.489. The average molecular weight is 475 g/mol. The summed E-state index contributed by atoms with van der Waals surface area (Å²) in [6, 6.07) is 13.4. The molecular formula is C25H31ClN2O5. The van der Waals surface area contributed by atoms with Crippen LogP contribution in [0.3, 0.4) is 0 Å². The number of carbonyl (C=O) groups is 2. The van der Waals surface area contributed by atoms with E-state index in [4.69, 9.17) is 11.6 Å². The van der Waals surface area contributed by atoms with Crippen molar-refractivity contribution in [3.05, 3.63) is 58.6 Å². The molecule has 33 heavy (non-hydrogen) atoms. The molecular weight excluding hydrogens is 444 g/mol. The maximum absolute atomic E-state index is 12.2. The topological polar surface area (TPSA) is 99.1 Å². The molecule has 0 aliphatic carbocycles. The van der Waals surface area contributed by atoms with Gasteiger partial charge >= 0.3 is 12.2 Å². The second kappa shape index (κ2) is 10.9. The fourth-order valence-corrected chi connectivity index (χ4v) is 4.98. The third-order valence-electron chi connectivity index (χ3n) is 6.34. The number of hydrogen-bond donors (Lipinski definition) is 3. The lowest BCUT2D eigenvalue weighted by Crippen LogP contribution is -2.48. The van der Waals surface area contributed by atoms with Crippen LogP contribution in [0.15, 0.2) is 42.5 Å². The van der Waals surface area contributed by atoms with E-state index >= 15 is 0 Å². The minimum absolute atomic E-state index is 0.232. The molecule has 0 radical (unpaired) electrons. The van der Waals surface area contributed by atoms with Crippen LogP contribution in [0.2, 0.25) is 5.02 Å². The molecule has 1 unspecified atom stereocenters. The first-order chi connectivity index (χ1) is 15.8. The highest BCUT2D eigenvalue weighted by Crippen LogP contribution is 2.45. The number of aryl methyl sites for hydroxylation is 1. The van der Waals surface area contributed by atoms with E-state index in [0.717, 1.165) is 16.7 Å². The van der Waals surface area contributed by atoms with Crippen LogP contribution in [0.25, 0.3) is 11.1 Å². The summed E-state index contributed by atoms with van der Waals surface area (Å²) in [6.45, 7) is 3.00. The molecule has 0 bridgehead atoms. The molecule has 1 aliphatic heterocycles. The van der Waals surface area contributed by atoms with Crippen LogP contribution in [-0.2, 0) is 10.3 Å². The lowest BCUT2D eigenvalue weighted by atomic mass is 9.72. The number of nitrogens with one attached hydrogen (secondary N) is 1. The Morgan fingerprint density at radius 1 is 1.27 bits per heavy atom. The number of rotatable bonds is 7. The van der Waals surface area contributed by atoms with Gasteiger partial charge in [-0.1, -0.05) is 53.6 Å². The molecule has 8 heteroatoms. The Bertz CT molecular complexity index is 999. The smallest absolute Gasteiger partial charge is 0.407 e. The van der Waals surface area contributed by atoms with Gasteiger partial charge < -0.3 is 25.2 Å². The number of nitrogens with zero attached hydrogens (tertiary/aromatic N) is 1. The SMILES string of the molecule is COC(=O)NCCC[C@@](O)(c1cccc(Cl)c1-c1cccc(C)c1)C1CCCN(C(=O)O)C1. The van der Waals surface area contributed by atoms with Crippen molar-refractivity contribution in [1.82, 2.24) is 10.2 Å². The van der Waals surface area contributed by atoms with Crippen LogP contribution < -0.4 is 5.32 Å². The Labute approximate surface area is 199 Å². The van der Waals surface area contributed by atoms with Gasteiger partial charge in [-0.15, -0.1) is 0 Å². The fraction of sp³-hybridized carbons (Fsp3) is 0.440. The molecule has 2 aromatic rings. The normalized spacial score (nSPS) is 17.8. The summed E-state index contributed by atoms with van der Waals surface area (Å²) >= 11 is 6.67. The number of amides is 2. The Balaban J connectivity index is 2.03. The van der Waals surface area contributed by atoms with Crippen molar-refractivity contribution in [2.75, 3.05) is 26.7 Å². The number of carbonyl (C=O) groups excluding carboxylic acids is 1. The zero-order valence-corrected chi connectivity index (χ0v) is 19.8. The van der Waals surface area contributed by atoms with Crippen molar-refractivity contribution < 1.29 is 24.5 Å². The summed E-state index contributed by atoms with van der Waals surface area (Å²) in [6.07, 6.45) is 0.643. The molecule has 2 amide bonds. The highest BCUT2D eigenvalue weighted by Gasteiger charge is 2.42. The summed E-state index contributed by atoms with van der Waals surface area (Å²) in [5.74, 6) is -0.317. The maximum Gasteiger partial charge on any atom is 0.407 e. The van der Waals surface area contributed by atoms with Gasteiger partial charge in [-0.2, -0.15) is 0 Å². The molecule has 2 atom stereocenters. The highest BCUT2D eigenvalue weighted by atomic mass is 35.5. The number of hydrogen-bond acceptors (Lipinski definition) is 4. The number of likely N-dealkylation sites (tertiary alicyclic amines) is 1. The minimum atomic E-state index is -1.34. The van der Waals surface area contributed by atoms with Crippen LogP contribution >= 0.6 is 11.6 Å². The predicted octanol–water partition coefficient (Wildman–Crippen LogP) is 5.03. The summed E-state index contributed by atoms with van der Waals surface area (Å²) in [5, 5.41) is 25.0. The van der Waals surface area contributed by atoms with E-state index in [9.17, 15) is 19.8 Å². The Hall–Kier alpha value is -2.77. The van der Waals surface area contributed by atoms with Crippen molar-refractivity contribution in [3.63, 3.8) is 0 Å². The van der Waals surface area contributed by atoms with Gasteiger partial charge in [0.25, 0.3) is 0 Å². The summed E-state index contributed by atoms with van der Waals surface area (Å²) < 4.78 is 4.63. The predicted molar refractivity (Wildman–Crippen MR) is 127 cm³/mol.